The molecule has 3 N–H and O–H groups in total. The molecular formula is C32H50O6. The minimum Gasteiger partial charge on any atom is -0.455 e. The Labute approximate surface area is 228 Å². The Bertz CT molecular complexity index is 965. The Hall–Kier alpha value is -1.50. The highest BCUT2D eigenvalue weighted by Gasteiger charge is 2.76. The van der Waals surface area contributed by atoms with E-state index in [1.165, 1.54) is 38.5 Å². The van der Waals surface area contributed by atoms with Crippen molar-refractivity contribution in [3.8, 4) is 0 Å². The zero-order valence-electron chi connectivity index (χ0n) is 24.2. The Morgan fingerprint density at radius 1 is 1.08 bits per heavy atom. The predicted molar refractivity (Wildman–Crippen MR) is 147 cm³/mol. The maximum Gasteiger partial charge on any atom is 0.306 e. The van der Waals surface area contributed by atoms with Crippen LogP contribution in [0.25, 0.3) is 0 Å². The van der Waals surface area contributed by atoms with Crippen molar-refractivity contribution in [3.05, 3.63) is 23.3 Å². The fourth-order valence-electron chi connectivity index (χ4n) is 8.36. The van der Waals surface area contributed by atoms with Gasteiger partial charge >= 0.3 is 5.97 Å². The van der Waals surface area contributed by atoms with E-state index in [-0.39, 0.29) is 35.0 Å². The maximum absolute atomic E-state index is 14.3. The Morgan fingerprint density at radius 3 is 2.29 bits per heavy atom. The molecule has 214 valence electrons. The molecule has 0 saturated heterocycles. The molecule has 0 aromatic carbocycles. The molecule has 2 bridgehead atoms. The van der Waals surface area contributed by atoms with Gasteiger partial charge in [0.1, 0.15) is 6.10 Å². The fourth-order valence-corrected chi connectivity index (χ4v) is 8.36. The Morgan fingerprint density at radius 2 is 1.68 bits per heavy atom. The summed E-state index contributed by atoms with van der Waals surface area (Å²) in [6.07, 6.45) is 12.1. The van der Waals surface area contributed by atoms with Crippen molar-refractivity contribution < 1.29 is 29.6 Å². The smallest absolute Gasteiger partial charge is 0.306 e. The summed E-state index contributed by atoms with van der Waals surface area (Å²) >= 11 is 0. The number of ketones is 1. The van der Waals surface area contributed by atoms with Crippen LogP contribution in [-0.4, -0.2) is 51.5 Å². The number of Topliss-reactive ketones (excluding diaryl/α,β-unsaturated/α-hetero) is 1. The average Bonchev–Trinajstić information content (AvgIpc) is 3.36. The number of unbranched alkanes of at least 4 members (excludes halogenated alkanes) is 8. The Kier molecular flexibility index (Phi) is 8.67. The third-order valence-electron chi connectivity index (χ3n) is 10.6. The molecule has 4 aliphatic rings. The zero-order valence-corrected chi connectivity index (χ0v) is 24.2. The molecule has 6 nitrogen and oxygen atoms in total. The van der Waals surface area contributed by atoms with E-state index in [1.807, 2.05) is 6.92 Å². The van der Waals surface area contributed by atoms with Crippen LogP contribution in [0.2, 0.25) is 0 Å². The van der Waals surface area contributed by atoms with Gasteiger partial charge in [0.2, 0.25) is 0 Å². The summed E-state index contributed by atoms with van der Waals surface area (Å²) < 4.78 is 5.91. The van der Waals surface area contributed by atoms with Crippen molar-refractivity contribution in [2.75, 3.05) is 6.61 Å². The van der Waals surface area contributed by atoms with Gasteiger partial charge in [-0.25, -0.2) is 0 Å². The summed E-state index contributed by atoms with van der Waals surface area (Å²) in [5, 5.41) is 34.2. The van der Waals surface area contributed by atoms with Crippen LogP contribution in [0, 0.1) is 34.5 Å². The first-order chi connectivity index (χ1) is 18.0. The van der Waals surface area contributed by atoms with Crippen molar-refractivity contribution in [2.24, 2.45) is 34.5 Å². The molecule has 0 aromatic rings. The predicted octanol–water partition coefficient (Wildman–Crippen LogP) is 5.29. The van der Waals surface area contributed by atoms with E-state index in [0.29, 0.717) is 17.9 Å². The number of ether oxygens (including phenoxy) is 1. The summed E-state index contributed by atoms with van der Waals surface area (Å²) in [7, 11) is 0. The van der Waals surface area contributed by atoms with Gasteiger partial charge in [-0.1, -0.05) is 91.2 Å². The Balaban J connectivity index is 1.48. The molecule has 8 atom stereocenters. The van der Waals surface area contributed by atoms with Gasteiger partial charge in [0.25, 0.3) is 0 Å². The lowest BCUT2D eigenvalue weighted by molar-refractivity contribution is -0.203. The first-order valence-electron chi connectivity index (χ1n) is 15.1. The van der Waals surface area contributed by atoms with Gasteiger partial charge in [-0.2, -0.15) is 0 Å². The second kappa shape index (κ2) is 11.2. The molecule has 0 aliphatic heterocycles. The molecule has 1 spiro atoms. The summed E-state index contributed by atoms with van der Waals surface area (Å²) in [6.45, 7) is 9.85. The highest BCUT2D eigenvalue weighted by molar-refractivity contribution is 5.95. The van der Waals surface area contributed by atoms with E-state index in [2.05, 4.69) is 20.8 Å². The number of carbonyl (C=O) groups excluding carboxylic acids is 2. The number of hydrogen-bond acceptors (Lipinski definition) is 6. The van der Waals surface area contributed by atoms with Crippen LogP contribution in [-0.2, 0) is 14.3 Å². The largest absolute Gasteiger partial charge is 0.455 e. The van der Waals surface area contributed by atoms with E-state index < -0.39 is 41.7 Å². The van der Waals surface area contributed by atoms with Crippen LogP contribution in [0.3, 0.4) is 0 Å². The standard InChI is InChI=1S/C32H50O6/c1-6-7-8-9-10-11-12-13-14-15-25(34)38-29-20(2)18-31-21(3)16-24-26(30(24,4)5)23(28(31)36)17-22(19-33)27(35)32(29,31)37/h17-18,21,23-24,26-27,29,33,35,37H,6-16,19H2,1-5H3. The van der Waals surface area contributed by atoms with Crippen molar-refractivity contribution in [2.45, 2.75) is 123 Å². The normalized spacial score (nSPS) is 38.9. The molecule has 0 aromatic heterocycles. The van der Waals surface area contributed by atoms with Gasteiger partial charge in [0.15, 0.2) is 17.5 Å². The number of rotatable bonds is 12. The lowest BCUT2D eigenvalue weighted by atomic mass is 9.59. The van der Waals surface area contributed by atoms with E-state index in [0.717, 1.165) is 19.3 Å². The summed E-state index contributed by atoms with van der Waals surface area (Å²) in [5.41, 5.74) is -2.60. The second-order valence-corrected chi connectivity index (χ2v) is 13.3. The highest BCUT2D eigenvalue weighted by atomic mass is 16.6. The third-order valence-corrected chi connectivity index (χ3v) is 10.6. The number of aliphatic hydroxyl groups is 3. The van der Waals surface area contributed by atoms with E-state index in [9.17, 15) is 24.9 Å². The van der Waals surface area contributed by atoms with Crippen LogP contribution >= 0.6 is 0 Å². The lowest BCUT2D eigenvalue weighted by Gasteiger charge is -2.48. The first-order valence-corrected chi connectivity index (χ1v) is 15.1. The zero-order chi connectivity index (χ0) is 27.9. The molecular weight excluding hydrogens is 480 g/mol. The third kappa shape index (κ3) is 4.62. The quantitative estimate of drug-likeness (QED) is 0.180. The van der Waals surface area contributed by atoms with Crippen LogP contribution < -0.4 is 0 Å². The summed E-state index contributed by atoms with van der Waals surface area (Å²) in [4.78, 5) is 27.3. The minimum absolute atomic E-state index is 0.0145. The molecule has 0 heterocycles. The maximum atomic E-state index is 14.3. The van der Waals surface area contributed by atoms with E-state index in [4.69, 9.17) is 4.74 Å². The highest BCUT2D eigenvalue weighted by Crippen LogP contribution is 2.71. The molecule has 2 saturated carbocycles. The number of carbonyl (C=O) groups is 2. The number of hydrogen-bond donors (Lipinski definition) is 3. The van der Waals surface area contributed by atoms with E-state index >= 15 is 0 Å². The summed E-state index contributed by atoms with van der Waals surface area (Å²) in [5.74, 6) is -0.859. The minimum atomic E-state index is -2.05. The molecule has 0 amide bonds. The fraction of sp³-hybridized carbons (Fsp3) is 0.812. The van der Waals surface area contributed by atoms with Gasteiger partial charge in [0.05, 0.1) is 12.0 Å². The van der Waals surface area contributed by atoms with Gasteiger partial charge < -0.3 is 20.1 Å². The second-order valence-electron chi connectivity index (χ2n) is 13.3. The summed E-state index contributed by atoms with van der Waals surface area (Å²) in [6, 6.07) is 0. The SMILES string of the molecule is CCCCCCCCCCCC(=O)OC1C(C)=CC23C(=O)C(C=C(CO)C(O)C12O)C1C(CC3C)C1(C)C. The van der Waals surface area contributed by atoms with Crippen LogP contribution in [0.15, 0.2) is 23.3 Å². The van der Waals surface area contributed by atoms with Gasteiger partial charge in [-0.15, -0.1) is 0 Å². The molecule has 4 aliphatic carbocycles. The van der Waals surface area contributed by atoms with Crippen molar-refractivity contribution in [1.82, 2.24) is 0 Å². The van der Waals surface area contributed by atoms with E-state index in [1.54, 1.807) is 19.1 Å². The molecule has 4 rings (SSSR count). The van der Waals surface area contributed by atoms with Gasteiger partial charge in [-0.3, -0.25) is 9.59 Å². The topological polar surface area (TPSA) is 104 Å². The molecule has 0 radical (unpaired) electrons. The number of aliphatic hydroxyl groups excluding tert-OH is 2. The molecule has 6 heteroatoms. The van der Waals surface area contributed by atoms with Crippen molar-refractivity contribution in [1.29, 1.82) is 0 Å². The van der Waals surface area contributed by atoms with Gasteiger partial charge in [-0.05, 0) is 54.1 Å². The number of fused-ring (bicyclic) bond motifs is 3. The molecule has 8 unspecified atom stereocenters. The monoisotopic (exact) mass is 530 g/mol. The van der Waals surface area contributed by atoms with Crippen molar-refractivity contribution in [3.63, 3.8) is 0 Å². The van der Waals surface area contributed by atoms with Crippen LogP contribution in [0.5, 0.6) is 0 Å². The lowest BCUT2D eigenvalue weighted by Crippen LogP contribution is -2.65. The van der Waals surface area contributed by atoms with Crippen LogP contribution in [0.4, 0.5) is 0 Å². The number of esters is 1. The number of allylic oxidation sites excluding steroid dienone is 1. The van der Waals surface area contributed by atoms with Crippen molar-refractivity contribution >= 4 is 11.8 Å². The molecule has 2 fully saturated rings. The van der Waals surface area contributed by atoms with Gasteiger partial charge in [0, 0.05) is 12.3 Å². The first kappa shape index (κ1) is 29.5. The average molecular weight is 531 g/mol. The van der Waals surface area contributed by atoms with Crippen LogP contribution in [0.1, 0.15) is 105 Å². The molecule has 38 heavy (non-hydrogen) atoms.